The van der Waals surface area contributed by atoms with Gasteiger partial charge in [0.15, 0.2) is 0 Å². The lowest BCUT2D eigenvalue weighted by Gasteiger charge is -2.35. The average molecular weight is 339 g/mol. The lowest BCUT2D eigenvalue weighted by molar-refractivity contribution is -0.137. The van der Waals surface area contributed by atoms with Crippen LogP contribution in [0.1, 0.15) is 23.6 Å². The number of amides is 1. The number of aromatic nitrogens is 1. The van der Waals surface area contributed by atoms with Crippen molar-refractivity contribution < 1.29 is 9.90 Å². The molecule has 2 aromatic rings. The molecule has 1 aliphatic rings. The zero-order valence-electron chi connectivity index (χ0n) is 14.6. The van der Waals surface area contributed by atoms with E-state index in [1.54, 1.807) is 12.4 Å². The van der Waals surface area contributed by atoms with Crippen molar-refractivity contribution in [1.82, 2.24) is 14.8 Å². The van der Waals surface area contributed by atoms with Crippen LogP contribution in [-0.4, -0.2) is 51.5 Å². The number of carbonyl (C=O) groups excluding carboxylic acids is 1. The molecule has 0 radical (unpaired) electrons. The second-order valence-electron chi connectivity index (χ2n) is 6.51. The van der Waals surface area contributed by atoms with Gasteiger partial charge in [0.25, 0.3) is 0 Å². The van der Waals surface area contributed by atoms with E-state index in [0.29, 0.717) is 19.6 Å². The Morgan fingerprint density at radius 3 is 2.80 bits per heavy atom. The van der Waals surface area contributed by atoms with Crippen LogP contribution < -0.4 is 0 Å². The molecule has 1 unspecified atom stereocenters. The molecule has 5 nitrogen and oxygen atoms in total. The largest absolute Gasteiger partial charge is 0.395 e. The van der Waals surface area contributed by atoms with Crippen molar-refractivity contribution in [1.29, 1.82) is 0 Å². The Balaban J connectivity index is 1.69. The first-order valence-corrected chi connectivity index (χ1v) is 8.78. The van der Waals surface area contributed by atoms with E-state index in [9.17, 15) is 9.90 Å². The molecular weight excluding hydrogens is 314 g/mol. The van der Waals surface area contributed by atoms with Gasteiger partial charge >= 0.3 is 0 Å². The minimum absolute atomic E-state index is 0.0285. The molecule has 0 aliphatic carbocycles. The normalized spacial score (nSPS) is 15.1. The average Bonchev–Trinajstić information content (AvgIpc) is 2.67. The molecule has 0 saturated heterocycles. The second-order valence-corrected chi connectivity index (χ2v) is 6.51. The number of carbonyl (C=O) groups is 1. The predicted molar refractivity (Wildman–Crippen MR) is 96.8 cm³/mol. The van der Waals surface area contributed by atoms with Gasteiger partial charge in [0.2, 0.25) is 5.91 Å². The van der Waals surface area contributed by atoms with Gasteiger partial charge in [0.1, 0.15) is 0 Å². The SMILES string of the molecule is CC(C(=O)N1CCc2ccccc2C1)N(CCO)Cc1cccnc1. The van der Waals surface area contributed by atoms with Crippen LogP contribution in [0, 0.1) is 0 Å². The smallest absolute Gasteiger partial charge is 0.239 e. The molecule has 0 fully saturated rings. The molecule has 1 aromatic carbocycles. The number of fused-ring (bicyclic) bond motifs is 1. The molecule has 1 aliphatic heterocycles. The van der Waals surface area contributed by atoms with Gasteiger partial charge in [-0.15, -0.1) is 0 Å². The van der Waals surface area contributed by atoms with Crippen LogP contribution in [-0.2, 0) is 24.3 Å². The Kier molecular flexibility index (Phi) is 5.79. The number of hydrogen-bond acceptors (Lipinski definition) is 4. The summed E-state index contributed by atoms with van der Waals surface area (Å²) in [5.74, 6) is 0.117. The Hall–Kier alpha value is -2.24. The van der Waals surface area contributed by atoms with Gasteiger partial charge in [-0.05, 0) is 36.1 Å². The summed E-state index contributed by atoms with van der Waals surface area (Å²) in [6.07, 6.45) is 4.44. The van der Waals surface area contributed by atoms with Crippen molar-refractivity contribution in [2.24, 2.45) is 0 Å². The first-order chi connectivity index (χ1) is 12.2. The zero-order chi connectivity index (χ0) is 17.6. The number of aliphatic hydroxyl groups is 1. The van der Waals surface area contributed by atoms with Crippen molar-refractivity contribution in [3.63, 3.8) is 0 Å². The highest BCUT2D eigenvalue weighted by atomic mass is 16.3. The molecule has 0 bridgehead atoms. The molecule has 25 heavy (non-hydrogen) atoms. The summed E-state index contributed by atoms with van der Waals surface area (Å²) in [6, 6.07) is 11.9. The van der Waals surface area contributed by atoms with Crippen LogP contribution in [0.5, 0.6) is 0 Å². The summed E-state index contributed by atoms with van der Waals surface area (Å²) in [5.41, 5.74) is 3.61. The molecule has 2 heterocycles. The third-order valence-electron chi connectivity index (χ3n) is 4.84. The van der Waals surface area contributed by atoms with Crippen molar-refractivity contribution in [2.75, 3.05) is 19.7 Å². The number of benzene rings is 1. The standard InChI is InChI=1S/C20H25N3O2/c1-16(22(11-12-24)14-17-5-4-9-21-13-17)20(25)23-10-8-18-6-2-3-7-19(18)15-23/h2-7,9,13,16,24H,8,10-12,14-15H2,1H3. The number of aliphatic hydroxyl groups excluding tert-OH is 1. The van der Waals surface area contributed by atoms with Crippen LogP contribution in [0.15, 0.2) is 48.8 Å². The van der Waals surface area contributed by atoms with E-state index in [0.717, 1.165) is 18.5 Å². The van der Waals surface area contributed by atoms with Crippen LogP contribution in [0.3, 0.4) is 0 Å². The predicted octanol–water partition coefficient (Wildman–Crippen LogP) is 1.85. The van der Waals surface area contributed by atoms with Crippen LogP contribution in [0.4, 0.5) is 0 Å². The molecule has 1 aromatic heterocycles. The van der Waals surface area contributed by atoms with E-state index in [2.05, 4.69) is 23.2 Å². The summed E-state index contributed by atoms with van der Waals surface area (Å²) in [5, 5.41) is 9.40. The van der Waals surface area contributed by atoms with Gasteiger partial charge in [-0.1, -0.05) is 30.3 Å². The number of nitrogens with zero attached hydrogens (tertiary/aromatic N) is 3. The number of pyridine rings is 1. The second kappa shape index (κ2) is 8.23. The van der Waals surface area contributed by atoms with Crippen LogP contribution in [0.25, 0.3) is 0 Å². The minimum Gasteiger partial charge on any atom is -0.395 e. The highest BCUT2D eigenvalue weighted by Crippen LogP contribution is 2.20. The summed E-state index contributed by atoms with van der Waals surface area (Å²) in [6.45, 7) is 4.44. The summed E-state index contributed by atoms with van der Waals surface area (Å²) in [7, 11) is 0. The van der Waals surface area contributed by atoms with E-state index >= 15 is 0 Å². The van der Waals surface area contributed by atoms with Gasteiger partial charge in [0, 0.05) is 38.6 Å². The van der Waals surface area contributed by atoms with E-state index in [1.165, 1.54) is 11.1 Å². The first kappa shape index (κ1) is 17.6. The quantitative estimate of drug-likeness (QED) is 0.873. The van der Waals surface area contributed by atoms with E-state index in [1.807, 2.05) is 34.9 Å². The van der Waals surface area contributed by atoms with E-state index in [-0.39, 0.29) is 18.6 Å². The Morgan fingerprint density at radius 2 is 2.08 bits per heavy atom. The molecule has 1 amide bonds. The molecule has 1 N–H and O–H groups in total. The maximum absolute atomic E-state index is 13.0. The third kappa shape index (κ3) is 4.24. The molecule has 1 atom stereocenters. The van der Waals surface area contributed by atoms with Crippen molar-refractivity contribution >= 4 is 5.91 Å². The highest BCUT2D eigenvalue weighted by Gasteiger charge is 2.28. The molecular formula is C20H25N3O2. The van der Waals surface area contributed by atoms with Gasteiger partial charge in [0.05, 0.1) is 12.6 Å². The van der Waals surface area contributed by atoms with Gasteiger partial charge in [-0.3, -0.25) is 14.7 Å². The fraction of sp³-hybridized carbons (Fsp3) is 0.400. The van der Waals surface area contributed by atoms with Gasteiger partial charge in [-0.2, -0.15) is 0 Å². The first-order valence-electron chi connectivity index (χ1n) is 8.78. The third-order valence-corrected chi connectivity index (χ3v) is 4.84. The Labute approximate surface area is 148 Å². The summed E-state index contributed by atoms with van der Waals surface area (Å²) >= 11 is 0. The van der Waals surface area contributed by atoms with Crippen molar-refractivity contribution in [3.8, 4) is 0 Å². The van der Waals surface area contributed by atoms with Crippen molar-refractivity contribution in [3.05, 3.63) is 65.5 Å². The molecule has 3 rings (SSSR count). The van der Waals surface area contributed by atoms with Crippen molar-refractivity contribution in [2.45, 2.75) is 32.5 Å². The van der Waals surface area contributed by atoms with Crippen LogP contribution >= 0.6 is 0 Å². The lowest BCUT2D eigenvalue weighted by atomic mass is 9.99. The van der Waals surface area contributed by atoms with Crippen LogP contribution in [0.2, 0.25) is 0 Å². The number of hydrogen-bond donors (Lipinski definition) is 1. The molecule has 0 spiro atoms. The molecule has 5 heteroatoms. The molecule has 132 valence electrons. The Bertz CT molecular complexity index is 705. The fourth-order valence-electron chi connectivity index (χ4n) is 3.37. The van der Waals surface area contributed by atoms with E-state index in [4.69, 9.17) is 0 Å². The van der Waals surface area contributed by atoms with E-state index < -0.39 is 0 Å². The van der Waals surface area contributed by atoms with Gasteiger partial charge in [-0.25, -0.2) is 0 Å². The lowest BCUT2D eigenvalue weighted by Crippen LogP contribution is -2.49. The number of rotatable bonds is 6. The highest BCUT2D eigenvalue weighted by molar-refractivity contribution is 5.81. The Morgan fingerprint density at radius 1 is 1.28 bits per heavy atom. The minimum atomic E-state index is -0.280. The topological polar surface area (TPSA) is 56.7 Å². The maximum Gasteiger partial charge on any atom is 0.239 e. The summed E-state index contributed by atoms with van der Waals surface area (Å²) in [4.78, 5) is 21.1. The van der Waals surface area contributed by atoms with Gasteiger partial charge < -0.3 is 10.0 Å². The monoisotopic (exact) mass is 339 g/mol. The summed E-state index contributed by atoms with van der Waals surface area (Å²) < 4.78 is 0. The molecule has 0 saturated carbocycles. The maximum atomic E-state index is 13.0. The zero-order valence-corrected chi connectivity index (χ0v) is 14.6. The fourth-order valence-corrected chi connectivity index (χ4v) is 3.37.